The highest BCUT2D eigenvalue weighted by Crippen LogP contribution is 2.19. The van der Waals surface area contributed by atoms with E-state index in [4.69, 9.17) is 10.4 Å². The Balaban J connectivity index is 1.95. The van der Waals surface area contributed by atoms with Crippen molar-refractivity contribution in [3.05, 3.63) is 59.7 Å². The van der Waals surface area contributed by atoms with Gasteiger partial charge in [-0.1, -0.05) is 30.3 Å². The Kier molecular flexibility index (Phi) is 6.09. The number of nitrogens with one attached hydrogen (secondary N) is 1. The van der Waals surface area contributed by atoms with Crippen molar-refractivity contribution in [3.63, 3.8) is 0 Å². The van der Waals surface area contributed by atoms with Gasteiger partial charge in [-0.05, 0) is 23.8 Å². The summed E-state index contributed by atoms with van der Waals surface area (Å²) in [4.78, 5) is -0.114. The number of hydrogen-bond donors (Lipinski definition) is 2. The number of rotatable bonds is 7. The van der Waals surface area contributed by atoms with Crippen LogP contribution in [0.25, 0.3) is 0 Å². The highest BCUT2D eigenvalue weighted by molar-refractivity contribution is 7.89. The average Bonchev–Trinajstić information content (AvgIpc) is 2.55. The van der Waals surface area contributed by atoms with Crippen LogP contribution in [0.5, 0.6) is 0 Å². The maximum absolute atomic E-state index is 12.1. The van der Waals surface area contributed by atoms with Gasteiger partial charge in [0.05, 0.1) is 16.1 Å². The molecule has 2 rings (SSSR count). The maximum Gasteiger partial charge on any atom is 0.238 e. The van der Waals surface area contributed by atoms with Gasteiger partial charge in [0.2, 0.25) is 10.0 Å². The first-order chi connectivity index (χ1) is 11.4. The van der Waals surface area contributed by atoms with Crippen molar-refractivity contribution in [1.82, 2.24) is 0 Å². The largest absolute Gasteiger partial charge is 0.383 e. The molecule has 1 atom stereocenters. The van der Waals surface area contributed by atoms with E-state index in [1.54, 1.807) is 0 Å². The van der Waals surface area contributed by atoms with Gasteiger partial charge >= 0.3 is 0 Å². The summed E-state index contributed by atoms with van der Waals surface area (Å²) >= 11 is 0. The maximum atomic E-state index is 12.1. The van der Waals surface area contributed by atoms with Gasteiger partial charge in [-0.2, -0.15) is 5.26 Å². The highest BCUT2D eigenvalue weighted by Gasteiger charge is 2.11. The van der Waals surface area contributed by atoms with Crippen LogP contribution < -0.4 is 10.5 Å². The monoisotopic (exact) mass is 363 g/mol. The summed E-state index contributed by atoms with van der Waals surface area (Å²) < 4.78 is 34.6. The fourth-order valence-corrected chi connectivity index (χ4v) is 3.66. The van der Waals surface area contributed by atoms with E-state index in [9.17, 15) is 12.6 Å². The summed E-state index contributed by atoms with van der Waals surface area (Å²) in [5.41, 5.74) is 1.67. The van der Waals surface area contributed by atoms with Crippen LogP contribution >= 0.6 is 0 Å². The average molecular weight is 363 g/mol. The lowest BCUT2D eigenvalue weighted by molar-refractivity contribution is 0.598. The summed E-state index contributed by atoms with van der Waals surface area (Å²) in [5, 5.41) is 17.2. The van der Waals surface area contributed by atoms with Crippen molar-refractivity contribution in [2.45, 2.75) is 10.6 Å². The Morgan fingerprint density at radius 3 is 2.50 bits per heavy atom. The second-order valence-corrected chi connectivity index (χ2v) is 8.20. The molecule has 1 unspecified atom stereocenters. The Morgan fingerprint density at radius 1 is 1.17 bits per heavy atom. The van der Waals surface area contributed by atoms with Crippen LogP contribution in [0.4, 0.5) is 5.69 Å². The van der Waals surface area contributed by atoms with E-state index in [0.717, 1.165) is 5.56 Å². The molecule has 0 saturated carbocycles. The molecule has 3 N–H and O–H groups in total. The van der Waals surface area contributed by atoms with Gasteiger partial charge in [-0.25, -0.2) is 13.6 Å². The molecule has 0 aliphatic heterocycles. The minimum atomic E-state index is -3.85. The fourth-order valence-electron chi connectivity index (χ4n) is 2.08. The van der Waals surface area contributed by atoms with Crippen LogP contribution in [-0.2, 0) is 26.6 Å². The van der Waals surface area contributed by atoms with E-state index in [2.05, 4.69) is 5.32 Å². The molecular formula is C16H17N3O3S2. The standard InChI is InChI=1S/C16H17N3O3S2/c17-11-14-10-15(24(18,21)22)6-7-16(14)19-8-9-23(20)12-13-4-2-1-3-5-13/h1-7,10,19H,8-9,12H2,(H2,18,21,22). The lowest BCUT2D eigenvalue weighted by atomic mass is 10.2. The number of anilines is 1. The second-order valence-electron chi connectivity index (χ2n) is 5.06. The first kappa shape index (κ1) is 18.1. The van der Waals surface area contributed by atoms with Crippen LogP contribution in [0.1, 0.15) is 11.1 Å². The summed E-state index contributed by atoms with van der Waals surface area (Å²) in [6, 6.07) is 15.5. The van der Waals surface area contributed by atoms with Crippen LogP contribution in [0.2, 0.25) is 0 Å². The summed E-state index contributed by atoms with van der Waals surface area (Å²) in [5.74, 6) is 0.884. The van der Waals surface area contributed by atoms with Crippen LogP contribution in [-0.4, -0.2) is 24.9 Å². The molecule has 0 spiro atoms. The van der Waals surface area contributed by atoms with Gasteiger partial charge in [-0.15, -0.1) is 0 Å². The third kappa shape index (κ3) is 5.16. The van der Waals surface area contributed by atoms with Crippen molar-refractivity contribution in [1.29, 1.82) is 5.26 Å². The molecule has 0 aliphatic rings. The van der Waals surface area contributed by atoms with E-state index in [1.807, 2.05) is 36.4 Å². The molecule has 0 aromatic heterocycles. The molecule has 0 radical (unpaired) electrons. The van der Waals surface area contributed by atoms with Crippen LogP contribution in [0.15, 0.2) is 53.4 Å². The van der Waals surface area contributed by atoms with Gasteiger partial charge in [0.15, 0.2) is 0 Å². The molecular weight excluding hydrogens is 346 g/mol. The SMILES string of the molecule is N#Cc1cc(S(N)(=O)=O)ccc1NCCS(=O)Cc1ccccc1. The molecule has 0 bridgehead atoms. The van der Waals surface area contributed by atoms with Crippen molar-refractivity contribution in [2.24, 2.45) is 5.14 Å². The third-order valence-electron chi connectivity index (χ3n) is 3.26. The van der Waals surface area contributed by atoms with Gasteiger partial charge in [0, 0.05) is 28.9 Å². The molecule has 2 aromatic carbocycles. The number of sulfonamides is 1. The minimum Gasteiger partial charge on any atom is -0.383 e. The predicted octanol–water partition coefficient (Wildman–Crippen LogP) is 1.57. The Bertz CT molecular complexity index is 875. The third-order valence-corrected chi connectivity index (χ3v) is 5.48. The van der Waals surface area contributed by atoms with Crippen molar-refractivity contribution >= 4 is 26.5 Å². The molecule has 8 heteroatoms. The molecule has 0 heterocycles. The smallest absolute Gasteiger partial charge is 0.238 e. The molecule has 24 heavy (non-hydrogen) atoms. The van der Waals surface area contributed by atoms with E-state index >= 15 is 0 Å². The van der Waals surface area contributed by atoms with E-state index in [-0.39, 0.29) is 10.5 Å². The van der Waals surface area contributed by atoms with E-state index in [1.165, 1.54) is 18.2 Å². The van der Waals surface area contributed by atoms with E-state index in [0.29, 0.717) is 23.7 Å². The fraction of sp³-hybridized carbons (Fsp3) is 0.188. The summed E-state index contributed by atoms with van der Waals surface area (Å²) in [7, 11) is -4.88. The van der Waals surface area contributed by atoms with E-state index < -0.39 is 20.8 Å². The number of primary sulfonamides is 1. The number of nitrogens with zero attached hydrogens (tertiary/aromatic N) is 1. The quantitative estimate of drug-likeness (QED) is 0.775. The van der Waals surface area contributed by atoms with Gasteiger partial charge in [-0.3, -0.25) is 4.21 Å². The molecule has 0 aliphatic carbocycles. The topological polar surface area (TPSA) is 113 Å². The molecule has 6 nitrogen and oxygen atoms in total. The molecule has 0 fully saturated rings. The second kappa shape index (κ2) is 8.06. The zero-order chi connectivity index (χ0) is 17.6. The first-order valence-electron chi connectivity index (χ1n) is 7.10. The molecule has 0 amide bonds. The van der Waals surface area contributed by atoms with Crippen LogP contribution in [0.3, 0.4) is 0 Å². The normalized spacial score (nSPS) is 12.3. The number of hydrogen-bond acceptors (Lipinski definition) is 5. The summed E-state index contributed by atoms with van der Waals surface area (Å²) in [6.07, 6.45) is 0. The molecule has 2 aromatic rings. The Morgan fingerprint density at radius 2 is 1.88 bits per heavy atom. The Hall–Kier alpha value is -2.21. The van der Waals surface area contributed by atoms with Crippen molar-refractivity contribution < 1.29 is 12.6 Å². The predicted molar refractivity (Wildman–Crippen MR) is 94.2 cm³/mol. The van der Waals surface area contributed by atoms with Gasteiger partial charge in [0.1, 0.15) is 6.07 Å². The number of nitriles is 1. The van der Waals surface area contributed by atoms with Crippen LogP contribution in [0, 0.1) is 11.3 Å². The first-order valence-corrected chi connectivity index (χ1v) is 10.1. The lowest BCUT2D eigenvalue weighted by Gasteiger charge is -2.09. The van der Waals surface area contributed by atoms with Gasteiger partial charge in [0.25, 0.3) is 0 Å². The lowest BCUT2D eigenvalue weighted by Crippen LogP contribution is -2.14. The zero-order valence-electron chi connectivity index (χ0n) is 12.8. The molecule has 0 saturated heterocycles. The minimum absolute atomic E-state index is 0.114. The highest BCUT2D eigenvalue weighted by atomic mass is 32.2. The number of benzene rings is 2. The Labute approximate surface area is 143 Å². The van der Waals surface area contributed by atoms with Crippen molar-refractivity contribution in [3.8, 4) is 6.07 Å². The summed E-state index contributed by atoms with van der Waals surface area (Å²) in [6.45, 7) is 0.406. The number of nitrogens with two attached hydrogens (primary N) is 1. The van der Waals surface area contributed by atoms with Crippen molar-refractivity contribution in [2.75, 3.05) is 17.6 Å². The zero-order valence-corrected chi connectivity index (χ0v) is 14.4. The molecule has 126 valence electrons. The van der Waals surface area contributed by atoms with Gasteiger partial charge < -0.3 is 5.32 Å².